The normalized spacial score (nSPS) is 29.7. The SMILES string of the molecule is O=C(CN1C(=O)N[C@]2(CCCc3sccc32)C1=O)N[C@@H]1CCS(=O)(=O)C1. The number of carbonyl (C=O) groups excluding carboxylic acids is 3. The molecule has 3 heterocycles. The highest BCUT2D eigenvalue weighted by molar-refractivity contribution is 7.91. The van der Waals surface area contributed by atoms with E-state index >= 15 is 0 Å². The zero-order valence-corrected chi connectivity index (χ0v) is 15.6. The molecule has 4 amide bonds. The van der Waals surface area contributed by atoms with Gasteiger partial charge in [-0.1, -0.05) is 0 Å². The van der Waals surface area contributed by atoms with E-state index in [4.69, 9.17) is 0 Å². The lowest BCUT2D eigenvalue weighted by Crippen LogP contribution is -2.47. The van der Waals surface area contributed by atoms with Crippen molar-refractivity contribution in [2.24, 2.45) is 0 Å². The minimum absolute atomic E-state index is 0.0467. The number of amides is 4. The van der Waals surface area contributed by atoms with Gasteiger partial charge in [-0.15, -0.1) is 11.3 Å². The van der Waals surface area contributed by atoms with Crippen LogP contribution in [0.25, 0.3) is 0 Å². The van der Waals surface area contributed by atoms with Crippen molar-refractivity contribution in [1.82, 2.24) is 15.5 Å². The highest BCUT2D eigenvalue weighted by Crippen LogP contribution is 2.41. The number of imide groups is 1. The van der Waals surface area contributed by atoms with E-state index in [1.54, 1.807) is 11.3 Å². The van der Waals surface area contributed by atoms with E-state index in [1.807, 2.05) is 11.4 Å². The summed E-state index contributed by atoms with van der Waals surface area (Å²) in [7, 11) is -3.11. The van der Waals surface area contributed by atoms with Crippen LogP contribution in [0, 0.1) is 0 Å². The molecule has 1 aromatic rings. The summed E-state index contributed by atoms with van der Waals surface area (Å²) in [6.45, 7) is -0.400. The molecule has 1 aromatic heterocycles. The van der Waals surface area contributed by atoms with Crippen LogP contribution in [0.2, 0.25) is 0 Å². The molecule has 8 nitrogen and oxygen atoms in total. The van der Waals surface area contributed by atoms with Crippen LogP contribution in [0.5, 0.6) is 0 Å². The van der Waals surface area contributed by atoms with Crippen LogP contribution in [0.3, 0.4) is 0 Å². The minimum Gasteiger partial charge on any atom is -0.351 e. The maximum atomic E-state index is 13.0. The van der Waals surface area contributed by atoms with Crippen LogP contribution in [-0.4, -0.2) is 55.3 Å². The van der Waals surface area contributed by atoms with Crippen LogP contribution < -0.4 is 10.6 Å². The van der Waals surface area contributed by atoms with E-state index in [2.05, 4.69) is 10.6 Å². The zero-order chi connectivity index (χ0) is 18.5. The third kappa shape index (κ3) is 2.81. The van der Waals surface area contributed by atoms with E-state index in [0.717, 1.165) is 28.2 Å². The molecule has 1 spiro atoms. The molecule has 0 radical (unpaired) electrons. The lowest BCUT2D eigenvalue weighted by atomic mass is 9.80. The smallest absolute Gasteiger partial charge is 0.325 e. The van der Waals surface area contributed by atoms with Crippen LogP contribution in [-0.2, 0) is 31.4 Å². The van der Waals surface area contributed by atoms with Crippen LogP contribution >= 0.6 is 11.3 Å². The van der Waals surface area contributed by atoms with Crippen LogP contribution in [0.4, 0.5) is 4.79 Å². The lowest BCUT2D eigenvalue weighted by Gasteiger charge is -2.31. The van der Waals surface area contributed by atoms with Gasteiger partial charge < -0.3 is 10.6 Å². The number of thiophene rings is 1. The molecular weight excluding hydrogens is 378 g/mol. The van der Waals surface area contributed by atoms with Crippen molar-refractivity contribution >= 4 is 39.0 Å². The number of sulfone groups is 1. The third-order valence-electron chi connectivity index (χ3n) is 5.24. The summed E-state index contributed by atoms with van der Waals surface area (Å²) in [5.41, 5.74) is -0.237. The molecule has 4 rings (SSSR count). The van der Waals surface area contributed by atoms with E-state index < -0.39 is 45.8 Å². The fourth-order valence-electron chi connectivity index (χ4n) is 4.01. The standard InChI is InChI=1S/C16H19N3O5S2/c20-13(17-10-4-7-26(23,24)9-10)8-19-14(21)16(18-15(19)22)5-1-2-12-11(16)3-6-25-12/h3,6,10H,1-2,4-5,7-9H2,(H,17,20)(H,18,22)/t10-,16+/m1/s1. The van der Waals surface area contributed by atoms with Gasteiger partial charge in [0.2, 0.25) is 5.91 Å². The third-order valence-corrected chi connectivity index (χ3v) is 7.98. The highest BCUT2D eigenvalue weighted by Gasteiger charge is 2.54. The quantitative estimate of drug-likeness (QED) is 0.705. The molecule has 1 aliphatic carbocycles. The maximum Gasteiger partial charge on any atom is 0.325 e. The number of rotatable bonds is 3. The predicted molar refractivity (Wildman–Crippen MR) is 94.4 cm³/mol. The van der Waals surface area contributed by atoms with Gasteiger partial charge in [0.25, 0.3) is 5.91 Å². The number of fused-ring (bicyclic) bond motifs is 2. The van der Waals surface area contributed by atoms with Crippen molar-refractivity contribution in [3.8, 4) is 0 Å². The molecule has 2 atom stereocenters. The summed E-state index contributed by atoms with van der Waals surface area (Å²) in [5, 5.41) is 7.32. The van der Waals surface area contributed by atoms with Gasteiger partial charge in [-0.3, -0.25) is 14.5 Å². The van der Waals surface area contributed by atoms with Gasteiger partial charge in [0.15, 0.2) is 9.84 Å². The lowest BCUT2D eigenvalue weighted by molar-refractivity contribution is -0.135. The Morgan fingerprint density at radius 2 is 2.23 bits per heavy atom. The average molecular weight is 397 g/mol. The van der Waals surface area contributed by atoms with E-state index in [1.165, 1.54) is 0 Å². The molecule has 2 N–H and O–H groups in total. The Balaban J connectivity index is 1.48. The second-order valence-corrected chi connectivity index (χ2v) is 10.2. The fraction of sp³-hybridized carbons (Fsp3) is 0.562. The van der Waals surface area contributed by atoms with E-state index in [-0.39, 0.29) is 11.5 Å². The number of aryl methyl sites for hydroxylation is 1. The predicted octanol–water partition coefficient (Wildman–Crippen LogP) is 0.135. The molecule has 0 unspecified atom stereocenters. The first-order valence-corrected chi connectivity index (χ1v) is 11.2. The Morgan fingerprint density at radius 1 is 1.42 bits per heavy atom. The van der Waals surface area contributed by atoms with Crippen LogP contribution in [0.1, 0.15) is 29.7 Å². The number of carbonyl (C=O) groups is 3. The summed E-state index contributed by atoms with van der Waals surface area (Å²) in [6.07, 6.45) is 2.55. The fourth-order valence-corrected chi connectivity index (χ4v) is 6.68. The minimum atomic E-state index is -3.11. The van der Waals surface area contributed by atoms with E-state index in [0.29, 0.717) is 12.8 Å². The molecule has 10 heteroatoms. The Kier molecular flexibility index (Phi) is 4.07. The summed E-state index contributed by atoms with van der Waals surface area (Å²) in [4.78, 5) is 39.7. The molecule has 0 aromatic carbocycles. The summed E-state index contributed by atoms with van der Waals surface area (Å²) >= 11 is 1.57. The van der Waals surface area contributed by atoms with Crippen molar-refractivity contribution < 1.29 is 22.8 Å². The molecule has 0 bridgehead atoms. The molecule has 2 saturated heterocycles. The zero-order valence-electron chi connectivity index (χ0n) is 14.0. The van der Waals surface area contributed by atoms with Crippen molar-refractivity contribution in [3.63, 3.8) is 0 Å². The monoisotopic (exact) mass is 397 g/mol. The number of urea groups is 1. The second kappa shape index (κ2) is 6.05. The Bertz CT molecular complexity index is 893. The number of nitrogens with zero attached hydrogens (tertiary/aromatic N) is 1. The number of hydrogen-bond donors (Lipinski definition) is 2. The molecule has 26 heavy (non-hydrogen) atoms. The van der Waals surface area contributed by atoms with Gasteiger partial charge in [0.05, 0.1) is 11.5 Å². The number of hydrogen-bond acceptors (Lipinski definition) is 6. The van der Waals surface area contributed by atoms with E-state index in [9.17, 15) is 22.8 Å². The average Bonchev–Trinajstić information content (AvgIpc) is 3.23. The first-order chi connectivity index (χ1) is 12.3. The van der Waals surface area contributed by atoms with Gasteiger partial charge in [0.1, 0.15) is 12.1 Å². The maximum absolute atomic E-state index is 13.0. The molecule has 0 saturated carbocycles. The topological polar surface area (TPSA) is 113 Å². The summed E-state index contributed by atoms with van der Waals surface area (Å²) < 4.78 is 23.0. The van der Waals surface area contributed by atoms with Crippen molar-refractivity contribution in [1.29, 1.82) is 0 Å². The largest absolute Gasteiger partial charge is 0.351 e. The van der Waals surface area contributed by atoms with Crippen molar-refractivity contribution in [2.45, 2.75) is 37.3 Å². The van der Waals surface area contributed by atoms with Crippen molar-refractivity contribution in [2.75, 3.05) is 18.1 Å². The van der Waals surface area contributed by atoms with Crippen molar-refractivity contribution in [3.05, 3.63) is 21.9 Å². The Morgan fingerprint density at radius 3 is 2.96 bits per heavy atom. The molecular formula is C16H19N3O5S2. The van der Waals surface area contributed by atoms with Crippen LogP contribution in [0.15, 0.2) is 11.4 Å². The van der Waals surface area contributed by atoms with Gasteiger partial charge in [0, 0.05) is 16.5 Å². The molecule has 3 aliphatic rings. The highest BCUT2D eigenvalue weighted by atomic mass is 32.2. The summed E-state index contributed by atoms with van der Waals surface area (Å²) in [6, 6.07) is 0.827. The van der Waals surface area contributed by atoms with Gasteiger partial charge in [-0.05, 0) is 37.1 Å². The van der Waals surface area contributed by atoms with Gasteiger partial charge >= 0.3 is 6.03 Å². The summed E-state index contributed by atoms with van der Waals surface area (Å²) in [5.74, 6) is -0.975. The molecule has 2 fully saturated rings. The first kappa shape index (κ1) is 17.5. The molecule has 2 aliphatic heterocycles. The van der Waals surface area contributed by atoms with Gasteiger partial charge in [-0.2, -0.15) is 0 Å². The van der Waals surface area contributed by atoms with Gasteiger partial charge in [-0.25, -0.2) is 13.2 Å². The molecule has 140 valence electrons. The Hall–Kier alpha value is -1.94. The first-order valence-electron chi connectivity index (χ1n) is 8.51. The number of nitrogens with one attached hydrogen (secondary N) is 2. The Labute approximate surface area is 154 Å². The second-order valence-electron chi connectivity index (χ2n) is 7.01.